The summed E-state index contributed by atoms with van der Waals surface area (Å²) in [4.78, 5) is 14.3. The van der Waals surface area contributed by atoms with Gasteiger partial charge in [-0.15, -0.1) is 0 Å². The molecular weight excluding hydrogens is 312 g/mol. The molecule has 0 aromatic carbocycles. The Morgan fingerprint density at radius 1 is 1.04 bits per heavy atom. The minimum absolute atomic E-state index is 0.288. The summed E-state index contributed by atoms with van der Waals surface area (Å²) >= 11 is 0. The summed E-state index contributed by atoms with van der Waals surface area (Å²) in [7, 11) is 0. The summed E-state index contributed by atoms with van der Waals surface area (Å²) in [6.45, 7) is 14.1. The Balaban J connectivity index is 0.00000151. The largest absolute Gasteiger partial charge is 0.381 e. The van der Waals surface area contributed by atoms with Crippen LogP contribution in [0.1, 0.15) is 79.1 Å². The molecule has 0 radical (unpaired) electrons. The molecule has 1 N–H and O–H groups in total. The Morgan fingerprint density at radius 2 is 1.68 bits per heavy atom. The van der Waals surface area contributed by atoms with Crippen molar-refractivity contribution in [3.8, 4) is 0 Å². The van der Waals surface area contributed by atoms with Gasteiger partial charge in [-0.3, -0.25) is 4.79 Å². The molecule has 0 aromatic rings. The quantitative estimate of drug-likeness (QED) is 0.663. The van der Waals surface area contributed by atoms with Crippen molar-refractivity contribution in [2.24, 2.45) is 11.3 Å². The number of hydrogen-bond acceptors (Lipinski definition) is 3. The first-order valence-corrected chi connectivity index (χ1v) is 10.7. The van der Waals surface area contributed by atoms with Gasteiger partial charge >= 0.3 is 0 Å². The van der Waals surface area contributed by atoms with E-state index < -0.39 is 0 Å². The third-order valence-corrected chi connectivity index (χ3v) is 5.62. The van der Waals surface area contributed by atoms with Crippen LogP contribution in [0.3, 0.4) is 0 Å². The maximum Gasteiger partial charge on any atom is 0.224 e. The Bertz CT molecular complexity index is 342. The van der Waals surface area contributed by atoms with E-state index in [0.29, 0.717) is 18.4 Å². The molecule has 1 amide bonds. The molecule has 0 saturated carbocycles. The van der Waals surface area contributed by atoms with Crippen molar-refractivity contribution >= 4 is 5.91 Å². The standard InChI is InChI=1S/C19H36N2O2.C2H6/c1-17(2)5-3-4-15-23-16-6-18(22)21-13-9-19(10-14-21)7-11-20-12-8-19;1-2/h17,20H,3-16H2,1-2H3;1-2H3. The lowest BCUT2D eigenvalue weighted by Crippen LogP contribution is -2.47. The van der Waals surface area contributed by atoms with Gasteiger partial charge in [0.05, 0.1) is 13.0 Å². The molecule has 148 valence electrons. The minimum atomic E-state index is 0.288. The van der Waals surface area contributed by atoms with E-state index in [1.807, 2.05) is 13.8 Å². The van der Waals surface area contributed by atoms with Crippen molar-refractivity contribution < 1.29 is 9.53 Å². The fourth-order valence-corrected chi connectivity index (χ4v) is 3.86. The predicted molar refractivity (Wildman–Crippen MR) is 106 cm³/mol. The van der Waals surface area contributed by atoms with E-state index in [0.717, 1.165) is 45.1 Å². The van der Waals surface area contributed by atoms with Gasteiger partial charge in [0.2, 0.25) is 5.91 Å². The van der Waals surface area contributed by atoms with E-state index in [-0.39, 0.29) is 5.91 Å². The molecule has 2 rings (SSSR count). The Labute approximate surface area is 156 Å². The van der Waals surface area contributed by atoms with Crippen molar-refractivity contribution in [1.29, 1.82) is 0 Å². The highest BCUT2D eigenvalue weighted by atomic mass is 16.5. The number of likely N-dealkylation sites (tertiary alicyclic amines) is 1. The molecule has 1 spiro atoms. The zero-order valence-corrected chi connectivity index (χ0v) is 17.2. The topological polar surface area (TPSA) is 41.6 Å². The van der Waals surface area contributed by atoms with Crippen LogP contribution >= 0.6 is 0 Å². The lowest BCUT2D eigenvalue weighted by Gasteiger charge is -2.44. The van der Waals surface area contributed by atoms with Gasteiger partial charge in [-0.1, -0.05) is 40.5 Å². The second kappa shape index (κ2) is 12.7. The fourth-order valence-electron chi connectivity index (χ4n) is 3.86. The van der Waals surface area contributed by atoms with Crippen LogP contribution < -0.4 is 5.32 Å². The van der Waals surface area contributed by atoms with Gasteiger partial charge in [-0.05, 0) is 56.5 Å². The summed E-state index contributed by atoms with van der Waals surface area (Å²) in [6, 6.07) is 0. The SMILES string of the molecule is CC.CC(C)CCCCOCCC(=O)N1CCC2(CCNCC2)CC1. The summed E-state index contributed by atoms with van der Waals surface area (Å²) < 4.78 is 5.63. The van der Waals surface area contributed by atoms with Crippen LogP contribution in [-0.2, 0) is 9.53 Å². The lowest BCUT2D eigenvalue weighted by atomic mass is 9.71. The van der Waals surface area contributed by atoms with Crippen LogP contribution in [0.15, 0.2) is 0 Å². The third-order valence-electron chi connectivity index (χ3n) is 5.62. The van der Waals surface area contributed by atoms with Crippen LogP contribution in [0, 0.1) is 11.3 Å². The minimum Gasteiger partial charge on any atom is -0.381 e. The number of ether oxygens (including phenoxy) is 1. The van der Waals surface area contributed by atoms with E-state index in [4.69, 9.17) is 4.74 Å². The van der Waals surface area contributed by atoms with E-state index in [1.54, 1.807) is 0 Å². The van der Waals surface area contributed by atoms with Crippen LogP contribution in [0.25, 0.3) is 0 Å². The van der Waals surface area contributed by atoms with Crippen molar-refractivity contribution in [3.05, 3.63) is 0 Å². The molecule has 0 aliphatic carbocycles. The van der Waals surface area contributed by atoms with Crippen molar-refractivity contribution in [1.82, 2.24) is 10.2 Å². The number of hydrogen-bond donors (Lipinski definition) is 1. The number of amides is 1. The van der Waals surface area contributed by atoms with E-state index in [9.17, 15) is 4.79 Å². The molecule has 2 saturated heterocycles. The molecule has 2 heterocycles. The molecule has 2 aliphatic rings. The Morgan fingerprint density at radius 3 is 2.28 bits per heavy atom. The lowest BCUT2D eigenvalue weighted by molar-refractivity contribution is -0.135. The van der Waals surface area contributed by atoms with Gasteiger partial charge in [0.25, 0.3) is 0 Å². The number of nitrogens with zero attached hydrogens (tertiary/aromatic N) is 1. The molecule has 0 unspecified atom stereocenters. The van der Waals surface area contributed by atoms with Crippen molar-refractivity contribution in [2.75, 3.05) is 39.4 Å². The number of carbonyl (C=O) groups excluding carboxylic acids is 1. The summed E-state index contributed by atoms with van der Waals surface area (Å²) in [5.74, 6) is 1.06. The molecular formula is C21H42N2O2. The first-order valence-electron chi connectivity index (χ1n) is 10.7. The number of nitrogens with one attached hydrogen (secondary N) is 1. The Kier molecular flexibility index (Phi) is 11.4. The van der Waals surface area contributed by atoms with Crippen LogP contribution in [0.5, 0.6) is 0 Å². The van der Waals surface area contributed by atoms with E-state index in [1.165, 1.54) is 38.5 Å². The Hall–Kier alpha value is -0.610. The van der Waals surface area contributed by atoms with Gasteiger partial charge in [-0.25, -0.2) is 0 Å². The summed E-state index contributed by atoms with van der Waals surface area (Å²) in [5, 5.41) is 3.45. The van der Waals surface area contributed by atoms with Crippen LogP contribution in [-0.4, -0.2) is 50.2 Å². The molecule has 2 fully saturated rings. The number of piperidine rings is 2. The first-order chi connectivity index (χ1) is 12.1. The molecule has 25 heavy (non-hydrogen) atoms. The molecule has 4 nitrogen and oxygen atoms in total. The van der Waals surface area contributed by atoms with Gasteiger partial charge in [-0.2, -0.15) is 0 Å². The molecule has 0 aromatic heterocycles. The maximum absolute atomic E-state index is 12.3. The number of carbonyl (C=O) groups is 1. The monoisotopic (exact) mass is 354 g/mol. The van der Waals surface area contributed by atoms with Gasteiger partial charge in [0, 0.05) is 19.7 Å². The average molecular weight is 355 g/mol. The van der Waals surface area contributed by atoms with Crippen molar-refractivity contribution in [3.63, 3.8) is 0 Å². The molecule has 0 bridgehead atoms. The second-order valence-corrected chi connectivity index (χ2v) is 7.88. The number of rotatable bonds is 8. The number of unbranched alkanes of at least 4 members (excludes halogenated alkanes) is 1. The van der Waals surface area contributed by atoms with Crippen LogP contribution in [0.4, 0.5) is 0 Å². The van der Waals surface area contributed by atoms with Gasteiger partial charge < -0.3 is 15.0 Å². The molecule has 4 heteroatoms. The fraction of sp³-hybridized carbons (Fsp3) is 0.952. The highest BCUT2D eigenvalue weighted by Gasteiger charge is 2.36. The summed E-state index contributed by atoms with van der Waals surface area (Å²) in [6.07, 6.45) is 9.13. The van der Waals surface area contributed by atoms with E-state index in [2.05, 4.69) is 24.1 Å². The summed E-state index contributed by atoms with van der Waals surface area (Å²) in [5.41, 5.74) is 0.523. The van der Waals surface area contributed by atoms with Crippen molar-refractivity contribution in [2.45, 2.75) is 79.1 Å². The predicted octanol–water partition coefficient (Wildman–Crippen LogP) is 4.24. The second-order valence-electron chi connectivity index (χ2n) is 7.88. The normalized spacial score (nSPS) is 19.6. The first kappa shape index (κ1) is 22.4. The average Bonchev–Trinajstić information content (AvgIpc) is 2.63. The molecule has 2 aliphatic heterocycles. The zero-order chi connectivity index (χ0) is 18.5. The zero-order valence-electron chi connectivity index (χ0n) is 17.2. The highest BCUT2D eigenvalue weighted by Crippen LogP contribution is 2.39. The highest BCUT2D eigenvalue weighted by molar-refractivity contribution is 5.76. The molecule has 0 atom stereocenters. The van der Waals surface area contributed by atoms with E-state index >= 15 is 0 Å². The van der Waals surface area contributed by atoms with Gasteiger partial charge in [0.15, 0.2) is 0 Å². The third kappa shape index (κ3) is 8.54. The van der Waals surface area contributed by atoms with Gasteiger partial charge in [0.1, 0.15) is 0 Å². The van der Waals surface area contributed by atoms with Crippen LogP contribution in [0.2, 0.25) is 0 Å². The smallest absolute Gasteiger partial charge is 0.224 e. The maximum atomic E-state index is 12.3.